The van der Waals surface area contributed by atoms with Crippen LogP contribution < -0.4 is 10.0 Å². The number of fused-ring (bicyclic) bond motifs is 1. The maximum absolute atomic E-state index is 12.6. The maximum Gasteiger partial charge on any atom is 0.264 e. The van der Waals surface area contributed by atoms with E-state index in [-0.39, 0.29) is 16.9 Å². The number of nitrogens with zero attached hydrogens (tertiary/aromatic N) is 3. The average Bonchev–Trinajstić information content (AvgIpc) is 3.03. The first-order valence-corrected chi connectivity index (χ1v) is 9.97. The van der Waals surface area contributed by atoms with E-state index in [1.54, 1.807) is 28.9 Å². The molecule has 1 aliphatic rings. The van der Waals surface area contributed by atoms with Crippen molar-refractivity contribution in [3.63, 3.8) is 0 Å². The predicted molar refractivity (Wildman–Crippen MR) is 104 cm³/mol. The van der Waals surface area contributed by atoms with Gasteiger partial charge in [-0.2, -0.15) is 4.98 Å². The van der Waals surface area contributed by atoms with Crippen molar-refractivity contribution in [2.45, 2.75) is 24.8 Å². The van der Waals surface area contributed by atoms with Crippen molar-refractivity contribution in [3.8, 4) is 0 Å². The summed E-state index contributed by atoms with van der Waals surface area (Å²) in [7, 11) is -3.76. The molecule has 1 atom stereocenters. The summed E-state index contributed by atoms with van der Waals surface area (Å²) in [6, 6.07) is 16.3. The molecule has 8 heteroatoms. The molecule has 2 aromatic carbocycles. The molecule has 0 saturated heterocycles. The molecule has 1 aromatic heterocycles. The molecule has 0 amide bonds. The fraction of sp³-hybridized carbons (Fsp3) is 0.158. The smallest absolute Gasteiger partial charge is 0.264 e. The number of benzene rings is 2. The van der Waals surface area contributed by atoms with Gasteiger partial charge in [0.1, 0.15) is 6.04 Å². The lowest BCUT2D eigenvalue weighted by atomic mass is 10.1. The second kappa shape index (κ2) is 6.55. The molecule has 0 spiro atoms. The van der Waals surface area contributed by atoms with Gasteiger partial charge in [0, 0.05) is 5.70 Å². The lowest BCUT2D eigenvalue weighted by molar-refractivity contribution is 0.597. The molecule has 2 heterocycles. The lowest BCUT2D eigenvalue weighted by Crippen LogP contribution is -2.19. The van der Waals surface area contributed by atoms with E-state index in [9.17, 15) is 8.42 Å². The summed E-state index contributed by atoms with van der Waals surface area (Å²) >= 11 is 0. The van der Waals surface area contributed by atoms with Crippen LogP contribution >= 0.6 is 0 Å². The number of aryl methyl sites for hydroxylation is 1. The molecule has 3 aromatic rings. The third-order valence-electron chi connectivity index (χ3n) is 4.31. The summed E-state index contributed by atoms with van der Waals surface area (Å²) in [5.74, 6) is 0.521. The van der Waals surface area contributed by atoms with Gasteiger partial charge in [-0.15, -0.1) is 5.10 Å². The monoisotopic (exact) mass is 381 g/mol. The number of rotatable bonds is 4. The van der Waals surface area contributed by atoms with Crippen molar-refractivity contribution in [3.05, 3.63) is 77.5 Å². The molecule has 1 aliphatic heterocycles. The van der Waals surface area contributed by atoms with Gasteiger partial charge in [0.25, 0.3) is 16.0 Å². The van der Waals surface area contributed by atoms with E-state index in [2.05, 4.69) is 20.1 Å². The molecule has 7 nitrogen and oxygen atoms in total. The number of hydrogen-bond acceptors (Lipinski definition) is 5. The Labute approximate surface area is 157 Å². The normalized spacial score (nSPS) is 16.2. The van der Waals surface area contributed by atoms with E-state index in [0.29, 0.717) is 5.95 Å². The third kappa shape index (κ3) is 3.43. The van der Waals surface area contributed by atoms with Crippen LogP contribution in [-0.2, 0) is 10.0 Å². The summed E-state index contributed by atoms with van der Waals surface area (Å²) < 4.78 is 29.4. The molecular weight excluding hydrogens is 362 g/mol. The average molecular weight is 381 g/mol. The van der Waals surface area contributed by atoms with E-state index < -0.39 is 10.0 Å². The van der Waals surface area contributed by atoms with E-state index in [0.717, 1.165) is 16.8 Å². The molecule has 1 unspecified atom stereocenters. The quantitative estimate of drug-likeness (QED) is 0.724. The summed E-state index contributed by atoms with van der Waals surface area (Å²) in [4.78, 5) is 4.48. The summed E-state index contributed by atoms with van der Waals surface area (Å²) in [5, 5.41) is 7.51. The summed E-state index contributed by atoms with van der Waals surface area (Å²) in [5.41, 5.74) is 2.95. The van der Waals surface area contributed by atoms with Gasteiger partial charge in [0.05, 0.1) is 4.90 Å². The van der Waals surface area contributed by atoms with Crippen LogP contribution in [-0.4, -0.2) is 23.2 Å². The summed E-state index contributed by atoms with van der Waals surface area (Å²) in [6.07, 6.45) is 2.02. The van der Waals surface area contributed by atoms with Gasteiger partial charge in [0.15, 0.2) is 0 Å². The molecule has 4 rings (SSSR count). The van der Waals surface area contributed by atoms with Crippen molar-refractivity contribution in [2.24, 2.45) is 0 Å². The first kappa shape index (κ1) is 17.3. The highest BCUT2D eigenvalue weighted by Crippen LogP contribution is 2.29. The van der Waals surface area contributed by atoms with Crippen LogP contribution in [0.25, 0.3) is 0 Å². The van der Waals surface area contributed by atoms with Crippen molar-refractivity contribution in [1.29, 1.82) is 0 Å². The zero-order valence-electron chi connectivity index (χ0n) is 14.9. The van der Waals surface area contributed by atoms with Gasteiger partial charge in [0.2, 0.25) is 5.95 Å². The number of nitrogens with one attached hydrogen (secondary N) is 2. The van der Waals surface area contributed by atoms with Crippen molar-refractivity contribution in [2.75, 3.05) is 10.0 Å². The zero-order chi connectivity index (χ0) is 19.0. The Kier molecular flexibility index (Phi) is 4.19. The number of allylic oxidation sites excluding steroid dienone is 2. The van der Waals surface area contributed by atoms with Crippen LogP contribution in [0.15, 0.2) is 71.3 Å². The molecule has 138 valence electrons. The van der Waals surface area contributed by atoms with Crippen molar-refractivity contribution in [1.82, 2.24) is 14.8 Å². The Morgan fingerprint density at radius 3 is 2.44 bits per heavy atom. The van der Waals surface area contributed by atoms with Gasteiger partial charge >= 0.3 is 0 Å². The Hall–Kier alpha value is -3.13. The Bertz CT molecular complexity index is 1100. The second-order valence-electron chi connectivity index (χ2n) is 6.45. The molecule has 2 N–H and O–H groups in total. The molecule has 0 bridgehead atoms. The Balaban J connectivity index is 1.67. The van der Waals surface area contributed by atoms with E-state index in [1.807, 2.05) is 50.3 Å². The molecule has 0 aliphatic carbocycles. The minimum atomic E-state index is -3.76. The minimum Gasteiger partial charge on any atom is -0.329 e. The van der Waals surface area contributed by atoms with Crippen molar-refractivity contribution < 1.29 is 8.42 Å². The van der Waals surface area contributed by atoms with Crippen LogP contribution in [0.2, 0.25) is 0 Å². The third-order valence-corrected chi connectivity index (χ3v) is 5.65. The first-order valence-electron chi connectivity index (χ1n) is 8.49. The SMILES string of the molecule is CC1=CC(c2ccccc2)n2nc(NS(=O)(=O)c3ccc(C)cc3)nc2N1. The topological polar surface area (TPSA) is 88.9 Å². The lowest BCUT2D eigenvalue weighted by Gasteiger charge is -2.22. The Morgan fingerprint density at radius 2 is 1.74 bits per heavy atom. The van der Waals surface area contributed by atoms with Crippen LogP contribution in [0.5, 0.6) is 0 Å². The molecular formula is C19H19N5O2S. The van der Waals surface area contributed by atoms with Gasteiger partial charge in [-0.05, 0) is 37.6 Å². The number of anilines is 2. The van der Waals surface area contributed by atoms with Gasteiger partial charge < -0.3 is 5.32 Å². The molecule has 0 radical (unpaired) electrons. The van der Waals surface area contributed by atoms with Crippen molar-refractivity contribution >= 4 is 21.9 Å². The highest BCUT2D eigenvalue weighted by atomic mass is 32.2. The predicted octanol–water partition coefficient (Wildman–Crippen LogP) is 3.31. The molecule has 0 fully saturated rings. The first-order chi connectivity index (χ1) is 12.9. The van der Waals surface area contributed by atoms with E-state index in [4.69, 9.17) is 0 Å². The number of hydrogen-bond donors (Lipinski definition) is 2. The van der Waals surface area contributed by atoms with Crippen LogP contribution in [0.3, 0.4) is 0 Å². The Morgan fingerprint density at radius 1 is 1.04 bits per heavy atom. The van der Waals surface area contributed by atoms with E-state index in [1.165, 1.54) is 0 Å². The second-order valence-corrected chi connectivity index (χ2v) is 8.13. The molecule has 27 heavy (non-hydrogen) atoms. The fourth-order valence-corrected chi connectivity index (χ4v) is 3.89. The van der Waals surface area contributed by atoms with E-state index >= 15 is 0 Å². The van der Waals surface area contributed by atoms with Gasteiger partial charge in [-0.1, -0.05) is 48.0 Å². The highest BCUT2D eigenvalue weighted by molar-refractivity contribution is 7.92. The largest absolute Gasteiger partial charge is 0.329 e. The standard InChI is InChI=1S/C19H19N5O2S/c1-13-8-10-16(11-9-13)27(25,26)23-18-21-19-20-14(2)12-17(24(19)22-18)15-6-4-3-5-7-15/h3-12,17H,1-2H3,(H2,20,21,22,23). The highest BCUT2D eigenvalue weighted by Gasteiger charge is 2.25. The van der Waals surface area contributed by atoms with Crippen LogP contribution in [0.4, 0.5) is 11.9 Å². The maximum atomic E-state index is 12.6. The zero-order valence-corrected chi connectivity index (χ0v) is 15.7. The van der Waals surface area contributed by atoms with Gasteiger partial charge in [-0.25, -0.2) is 17.8 Å². The van der Waals surface area contributed by atoms with Crippen LogP contribution in [0, 0.1) is 6.92 Å². The summed E-state index contributed by atoms with van der Waals surface area (Å²) in [6.45, 7) is 3.84. The van der Waals surface area contributed by atoms with Gasteiger partial charge in [-0.3, -0.25) is 0 Å². The number of sulfonamides is 1. The fourth-order valence-electron chi connectivity index (χ4n) is 2.96. The minimum absolute atomic E-state index is 0.0297. The van der Waals surface area contributed by atoms with Crippen LogP contribution in [0.1, 0.15) is 24.1 Å². The number of aromatic nitrogens is 3. The molecule has 0 saturated carbocycles.